The van der Waals surface area contributed by atoms with E-state index < -0.39 is 6.17 Å². The van der Waals surface area contributed by atoms with E-state index in [1.165, 1.54) is 0 Å². The molecule has 0 radical (unpaired) electrons. The van der Waals surface area contributed by atoms with E-state index in [0.29, 0.717) is 30.5 Å². The average Bonchev–Trinajstić information content (AvgIpc) is 3.10. The van der Waals surface area contributed by atoms with Crippen molar-refractivity contribution >= 4 is 29.0 Å². The fraction of sp³-hybridized carbons (Fsp3) is 0.500. The lowest BCUT2D eigenvalue weighted by atomic mass is 10.1. The largest absolute Gasteiger partial charge is 0.378 e. The number of alkyl halides is 1. The topological polar surface area (TPSA) is 87.2 Å². The van der Waals surface area contributed by atoms with Crippen LogP contribution in [0.5, 0.6) is 0 Å². The number of methoxy groups -OCH3 is 1. The van der Waals surface area contributed by atoms with E-state index in [4.69, 9.17) is 4.74 Å². The Balaban J connectivity index is 1.46. The molecule has 0 amide bonds. The molecule has 3 N–H and O–H groups in total. The summed E-state index contributed by atoms with van der Waals surface area (Å²) in [5.74, 6) is 1.81. The molecular weight excluding hydrogens is 349 g/mol. The number of fused-ring (bicyclic) bond motifs is 1. The fourth-order valence-electron chi connectivity index (χ4n) is 3.41. The zero-order valence-corrected chi connectivity index (χ0v) is 15.4. The summed E-state index contributed by atoms with van der Waals surface area (Å²) in [5, 5.41) is 9.96. The molecule has 8 nitrogen and oxygen atoms in total. The SMILES string of the molecule is CCC1Nc2cnc(Nc3ccnc(N4CCC(OC)C(F)C4)n3)cc2N1. The molecule has 2 aliphatic rings. The molecule has 27 heavy (non-hydrogen) atoms. The van der Waals surface area contributed by atoms with Crippen molar-refractivity contribution in [3.8, 4) is 0 Å². The van der Waals surface area contributed by atoms with Crippen molar-refractivity contribution in [3.63, 3.8) is 0 Å². The normalized spacial score (nSPS) is 24.1. The van der Waals surface area contributed by atoms with Crippen LogP contribution in [0.15, 0.2) is 24.5 Å². The van der Waals surface area contributed by atoms with Crippen molar-refractivity contribution in [3.05, 3.63) is 24.5 Å². The molecule has 4 heterocycles. The first-order valence-corrected chi connectivity index (χ1v) is 9.21. The van der Waals surface area contributed by atoms with Gasteiger partial charge in [-0.2, -0.15) is 4.98 Å². The van der Waals surface area contributed by atoms with E-state index in [2.05, 4.69) is 37.8 Å². The van der Waals surface area contributed by atoms with Crippen molar-refractivity contribution < 1.29 is 9.13 Å². The van der Waals surface area contributed by atoms with Crippen LogP contribution in [-0.4, -0.2) is 53.6 Å². The third kappa shape index (κ3) is 3.73. The van der Waals surface area contributed by atoms with E-state index >= 15 is 0 Å². The van der Waals surface area contributed by atoms with Crippen LogP contribution in [-0.2, 0) is 4.74 Å². The smallest absolute Gasteiger partial charge is 0.227 e. The predicted octanol–water partition coefficient (Wildman–Crippen LogP) is 2.75. The van der Waals surface area contributed by atoms with Gasteiger partial charge in [-0.05, 0) is 18.9 Å². The highest BCUT2D eigenvalue weighted by Crippen LogP contribution is 2.31. The van der Waals surface area contributed by atoms with E-state index in [9.17, 15) is 4.39 Å². The Kier molecular flexibility index (Phi) is 4.93. The Bertz CT molecular complexity index is 805. The molecule has 3 unspecified atom stereocenters. The fourth-order valence-corrected chi connectivity index (χ4v) is 3.41. The van der Waals surface area contributed by atoms with Crippen molar-refractivity contribution in [2.45, 2.75) is 38.2 Å². The van der Waals surface area contributed by atoms with Gasteiger partial charge in [0.2, 0.25) is 5.95 Å². The molecule has 0 spiro atoms. The first-order chi connectivity index (χ1) is 13.2. The summed E-state index contributed by atoms with van der Waals surface area (Å²) in [4.78, 5) is 15.1. The first kappa shape index (κ1) is 17.7. The van der Waals surface area contributed by atoms with Crippen LogP contribution in [0.1, 0.15) is 19.8 Å². The van der Waals surface area contributed by atoms with Crippen LogP contribution in [0.4, 0.5) is 33.3 Å². The molecule has 2 aliphatic heterocycles. The number of pyridine rings is 1. The van der Waals surface area contributed by atoms with Crippen LogP contribution in [0.3, 0.4) is 0 Å². The number of hydrogen-bond acceptors (Lipinski definition) is 8. The number of nitrogens with zero attached hydrogens (tertiary/aromatic N) is 4. The van der Waals surface area contributed by atoms with E-state index in [1.807, 2.05) is 11.0 Å². The second-order valence-corrected chi connectivity index (χ2v) is 6.76. The van der Waals surface area contributed by atoms with Gasteiger partial charge in [-0.3, -0.25) is 0 Å². The molecule has 1 fully saturated rings. The molecular formula is C18H24FN7O. The maximum atomic E-state index is 14.2. The molecule has 1 saturated heterocycles. The highest BCUT2D eigenvalue weighted by atomic mass is 19.1. The lowest BCUT2D eigenvalue weighted by Gasteiger charge is -2.33. The maximum Gasteiger partial charge on any atom is 0.227 e. The summed E-state index contributed by atoms with van der Waals surface area (Å²) >= 11 is 0. The van der Waals surface area contributed by atoms with E-state index in [1.54, 1.807) is 25.6 Å². The van der Waals surface area contributed by atoms with Gasteiger partial charge < -0.3 is 25.6 Å². The molecule has 2 aromatic rings. The minimum atomic E-state index is -1.05. The minimum absolute atomic E-state index is 0.228. The number of halogens is 1. The molecule has 0 bridgehead atoms. The van der Waals surface area contributed by atoms with Crippen LogP contribution in [0.2, 0.25) is 0 Å². The monoisotopic (exact) mass is 373 g/mol. The van der Waals surface area contributed by atoms with Crippen molar-refractivity contribution in [2.75, 3.05) is 41.0 Å². The second kappa shape index (κ2) is 7.51. The molecule has 0 saturated carbocycles. The number of piperidine rings is 1. The minimum Gasteiger partial charge on any atom is -0.378 e. The number of ether oxygens (including phenoxy) is 1. The number of rotatable bonds is 5. The molecule has 2 aromatic heterocycles. The Labute approximate surface area is 157 Å². The van der Waals surface area contributed by atoms with Gasteiger partial charge in [0.25, 0.3) is 0 Å². The third-order valence-corrected chi connectivity index (χ3v) is 4.94. The average molecular weight is 373 g/mol. The molecule has 3 atom stereocenters. The molecule has 4 rings (SSSR count). The van der Waals surface area contributed by atoms with Gasteiger partial charge in [0, 0.05) is 25.9 Å². The zero-order valence-electron chi connectivity index (χ0n) is 15.4. The first-order valence-electron chi connectivity index (χ1n) is 9.21. The summed E-state index contributed by atoms with van der Waals surface area (Å²) in [7, 11) is 1.55. The standard InChI is InChI=1S/C18H24FN7O/c1-3-15-22-12-8-17(21-9-13(12)23-15)24-16-4-6-20-18(25-16)26-7-5-14(27-2)11(19)10-26/h4,6,8-9,11,14-15,22-23H,3,5,7,10H2,1-2H3,(H,20,21,24,25). The molecule has 144 valence electrons. The Morgan fingerprint density at radius 1 is 1.30 bits per heavy atom. The van der Waals surface area contributed by atoms with Gasteiger partial charge in [0.1, 0.15) is 17.8 Å². The lowest BCUT2D eigenvalue weighted by Crippen LogP contribution is -2.46. The highest BCUT2D eigenvalue weighted by Gasteiger charge is 2.30. The predicted molar refractivity (Wildman–Crippen MR) is 103 cm³/mol. The van der Waals surface area contributed by atoms with Gasteiger partial charge in [0.05, 0.1) is 36.4 Å². The molecule has 0 aliphatic carbocycles. The van der Waals surface area contributed by atoms with Gasteiger partial charge in [-0.25, -0.2) is 14.4 Å². The van der Waals surface area contributed by atoms with Crippen LogP contribution in [0.25, 0.3) is 0 Å². The van der Waals surface area contributed by atoms with E-state index in [-0.39, 0.29) is 18.8 Å². The van der Waals surface area contributed by atoms with Crippen molar-refractivity contribution in [2.24, 2.45) is 0 Å². The van der Waals surface area contributed by atoms with Gasteiger partial charge in [-0.1, -0.05) is 6.92 Å². The van der Waals surface area contributed by atoms with E-state index in [0.717, 1.165) is 17.8 Å². The number of hydrogen-bond donors (Lipinski definition) is 3. The van der Waals surface area contributed by atoms with Crippen molar-refractivity contribution in [1.29, 1.82) is 0 Å². The van der Waals surface area contributed by atoms with Crippen molar-refractivity contribution in [1.82, 2.24) is 15.0 Å². The second-order valence-electron chi connectivity index (χ2n) is 6.76. The highest BCUT2D eigenvalue weighted by molar-refractivity contribution is 5.77. The summed E-state index contributed by atoms with van der Waals surface area (Å²) in [6, 6.07) is 3.72. The van der Waals surface area contributed by atoms with Gasteiger partial charge in [0.15, 0.2) is 0 Å². The van der Waals surface area contributed by atoms with Gasteiger partial charge >= 0.3 is 0 Å². The number of aromatic nitrogens is 3. The summed E-state index contributed by atoms with van der Waals surface area (Å²) < 4.78 is 19.3. The maximum absolute atomic E-state index is 14.2. The Morgan fingerprint density at radius 3 is 2.93 bits per heavy atom. The Hall–Kier alpha value is -2.68. The summed E-state index contributed by atoms with van der Waals surface area (Å²) in [6.45, 7) is 3.00. The number of nitrogens with one attached hydrogen (secondary N) is 3. The van der Waals surface area contributed by atoms with Crippen LogP contribution < -0.4 is 20.9 Å². The van der Waals surface area contributed by atoms with Crippen LogP contribution in [0, 0.1) is 0 Å². The third-order valence-electron chi connectivity index (χ3n) is 4.94. The molecule has 9 heteroatoms. The lowest BCUT2D eigenvalue weighted by molar-refractivity contribution is 0.0194. The number of anilines is 5. The molecule has 0 aromatic carbocycles. The quantitative estimate of drug-likeness (QED) is 0.738. The van der Waals surface area contributed by atoms with Gasteiger partial charge in [-0.15, -0.1) is 0 Å². The van der Waals surface area contributed by atoms with Crippen LogP contribution >= 0.6 is 0 Å². The zero-order chi connectivity index (χ0) is 18.8. The summed E-state index contributed by atoms with van der Waals surface area (Å²) in [6.07, 6.45) is 3.88. The summed E-state index contributed by atoms with van der Waals surface area (Å²) in [5.41, 5.74) is 2.00. The Morgan fingerprint density at radius 2 is 2.15 bits per heavy atom.